The van der Waals surface area contributed by atoms with Crippen molar-refractivity contribution in [1.29, 1.82) is 0 Å². The molecule has 0 nitrogen and oxygen atoms in total. The normalized spacial score (nSPS) is 12.8. The predicted octanol–water partition coefficient (Wildman–Crippen LogP) is 3.70. The fourth-order valence-corrected chi connectivity index (χ4v) is 2.28. The number of thioether (sulfide) groups is 1. The quantitative estimate of drug-likeness (QED) is 0.686. The summed E-state index contributed by atoms with van der Waals surface area (Å²) >= 11 is 1.98. The highest BCUT2D eigenvalue weighted by molar-refractivity contribution is 8.02. The number of hydrogen-bond donors (Lipinski definition) is 0. The second kappa shape index (κ2) is 5.67. The topological polar surface area (TPSA) is 0 Å². The van der Waals surface area contributed by atoms with Crippen LogP contribution in [0.3, 0.4) is 0 Å². The number of benzene rings is 1. The molecule has 0 saturated carbocycles. The smallest absolute Gasteiger partial charge is 0.0193 e. The zero-order valence-electron chi connectivity index (χ0n) is 8.29. The molecule has 1 rings (SSSR count). The molecule has 0 fully saturated rings. The van der Waals surface area contributed by atoms with Crippen LogP contribution in [0.4, 0.5) is 0 Å². The Balaban J connectivity index is 2.64. The lowest BCUT2D eigenvalue weighted by Gasteiger charge is -2.08. The van der Waals surface area contributed by atoms with E-state index in [0.717, 1.165) is 12.2 Å². The standard InChI is InChI=1S/C11H17PS/c1-3-10-6-4-5-7-11(10)8-13-9(2)12/h4-7,9H,3,8,12H2,1-2H3. The first-order valence-corrected chi connectivity index (χ1v) is 6.39. The minimum Gasteiger partial charge on any atom is -0.150 e. The van der Waals surface area contributed by atoms with Gasteiger partial charge in [-0.15, -0.1) is 21.0 Å². The third-order valence-electron chi connectivity index (χ3n) is 2.00. The van der Waals surface area contributed by atoms with Crippen LogP contribution in [0.25, 0.3) is 0 Å². The maximum atomic E-state index is 2.82. The second-order valence-electron chi connectivity index (χ2n) is 3.14. The van der Waals surface area contributed by atoms with Crippen molar-refractivity contribution in [2.24, 2.45) is 0 Å². The summed E-state index contributed by atoms with van der Waals surface area (Å²) in [5.41, 5.74) is 2.98. The Morgan fingerprint density at radius 1 is 1.31 bits per heavy atom. The molecule has 72 valence electrons. The van der Waals surface area contributed by atoms with Gasteiger partial charge < -0.3 is 0 Å². The van der Waals surface area contributed by atoms with E-state index in [2.05, 4.69) is 47.4 Å². The van der Waals surface area contributed by atoms with Gasteiger partial charge in [0.1, 0.15) is 0 Å². The average Bonchev–Trinajstić information content (AvgIpc) is 2.15. The van der Waals surface area contributed by atoms with Gasteiger partial charge >= 0.3 is 0 Å². The number of rotatable bonds is 4. The summed E-state index contributed by atoms with van der Waals surface area (Å²) in [6, 6.07) is 8.71. The molecule has 0 amide bonds. The molecule has 13 heavy (non-hydrogen) atoms. The van der Waals surface area contributed by atoms with Crippen molar-refractivity contribution >= 4 is 21.0 Å². The summed E-state index contributed by atoms with van der Waals surface area (Å²) in [4.78, 5) is 0.643. The van der Waals surface area contributed by atoms with Crippen LogP contribution in [0, 0.1) is 0 Å². The van der Waals surface area contributed by atoms with Crippen LogP contribution >= 0.6 is 21.0 Å². The fourth-order valence-electron chi connectivity index (χ4n) is 1.26. The highest BCUT2D eigenvalue weighted by Gasteiger charge is 2.00. The van der Waals surface area contributed by atoms with Crippen LogP contribution in [0.5, 0.6) is 0 Å². The van der Waals surface area contributed by atoms with E-state index in [0.29, 0.717) is 4.99 Å². The highest BCUT2D eigenvalue weighted by atomic mass is 32.2. The zero-order chi connectivity index (χ0) is 9.68. The molecule has 2 heteroatoms. The van der Waals surface area contributed by atoms with Crippen LogP contribution in [0.15, 0.2) is 24.3 Å². The monoisotopic (exact) mass is 212 g/mol. The Hall–Kier alpha value is -0.0000000000000000555. The lowest BCUT2D eigenvalue weighted by molar-refractivity contribution is 1.10. The van der Waals surface area contributed by atoms with Gasteiger partial charge in [0, 0.05) is 10.7 Å². The summed E-state index contributed by atoms with van der Waals surface area (Å²) < 4.78 is 0. The van der Waals surface area contributed by atoms with E-state index in [-0.39, 0.29) is 0 Å². The van der Waals surface area contributed by atoms with Crippen LogP contribution in [-0.4, -0.2) is 4.99 Å². The zero-order valence-corrected chi connectivity index (χ0v) is 10.3. The lowest BCUT2D eigenvalue weighted by Crippen LogP contribution is -1.91. The van der Waals surface area contributed by atoms with Gasteiger partial charge in [-0.3, -0.25) is 0 Å². The summed E-state index contributed by atoms with van der Waals surface area (Å²) in [6.45, 7) is 4.43. The predicted molar refractivity (Wildman–Crippen MR) is 66.3 cm³/mol. The van der Waals surface area contributed by atoms with Gasteiger partial charge in [0.15, 0.2) is 0 Å². The Bertz CT molecular complexity index is 258. The fraction of sp³-hybridized carbons (Fsp3) is 0.455. The van der Waals surface area contributed by atoms with Gasteiger partial charge in [0.2, 0.25) is 0 Å². The minimum absolute atomic E-state index is 0.643. The van der Waals surface area contributed by atoms with Gasteiger partial charge in [-0.25, -0.2) is 0 Å². The largest absolute Gasteiger partial charge is 0.150 e. The number of hydrogen-bond acceptors (Lipinski definition) is 1. The molecule has 1 aromatic rings. The van der Waals surface area contributed by atoms with Crippen molar-refractivity contribution < 1.29 is 0 Å². The van der Waals surface area contributed by atoms with Gasteiger partial charge in [-0.1, -0.05) is 31.2 Å². The van der Waals surface area contributed by atoms with Crippen molar-refractivity contribution in [3.8, 4) is 0 Å². The summed E-state index contributed by atoms with van der Waals surface area (Å²) in [5.74, 6) is 1.13. The Kier molecular flexibility index (Phi) is 4.83. The van der Waals surface area contributed by atoms with Crippen LogP contribution in [-0.2, 0) is 12.2 Å². The third kappa shape index (κ3) is 3.70. The molecule has 0 spiro atoms. The first-order valence-electron chi connectivity index (χ1n) is 4.68. The summed E-state index contributed by atoms with van der Waals surface area (Å²) in [5, 5.41) is 0. The maximum absolute atomic E-state index is 2.82. The van der Waals surface area contributed by atoms with E-state index < -0.39 is 0 Å². The molecule has 1 aromatic carbocycles. The van der Waals surface area contributed by atoms with E-state index >= 15 is 0 Å². The van der Waals surface area contributed by atoms with E-state index in [1.165, 1.54) is 11.1 Å². The Labute approximate surface area is 87.7 Å². The molecular formula is C11H17PS. The summed E-state index contributed by atoms with van der Waals surface area (Å²) in [7, 11) is 2.82. The maximum Gasteiger partial charge on any atom is 0.0193 e. The van der Waals surface area contributed by atoms with Crippen molar-refractivity contribution in [3.05, 3.63) is 35.4 Å². The van der Waals surface area contributed by atoms with Gasteiger partial charge in [-0.2, -0.15) is 0 Å². The molecule has 0 aliphatic heterocycles. The van der Waals surface area contributed by atoms with Gasteiger partial charge in [0.25, 0.3) is 0 Å². The number of aryl methyl sites for hydroxylation is 1. The SMILES string of the molecule is CCc1ccccc1CSC(C)P. The third-order valence-corrected chi connectivity index (χ3v) is 3.58. The van der Waals surface area contributed by atoms with Crippen molar-refractivity contribution in [2.45, 2.75) is 31.0 Å². The highest BCUT2D eigenvalue weighted by Crippen LogP contribution is 2.23. The molecule has 2 atom stereocenters. The molecule has 0 radical (unpaired) electrons. The molecule has 0 aliphatic carbocycles. The van der Waals surface area contributed by atoms with Gasteiger partial charge in [0.05, 0.1) is 0 Å². The van der Waals surface area contributed by atoms with Crippen LogP contribution in [0.2, 0.25) is 0 Å². The van der Waals surface area contributed by atoms with E-state index in [1.54, 1.807) is 0 Å². The van der Waals surface area contributed by atoms with Crippen molar-refractivity contribution in [2.75, 3.05) is 0 Å². The molecular weight excluding hydrogens is 195 g/mol. The van der Waals surface area contributed by atoms with E-state index in [1.807, 2.05) is 11.8 Å². The first-order chi connectivity index (χ1) is 6.24. The molecule has 0 saturated heterocycles. The molecule has 0 aromatic heterocycles. The van der Waals surface area contributed by atoms with Crippen molar-refractivity contribution in [1.82, 2.24) is 0 Å². The van der Waals surface area contributed by atoms with Crippen molar-refractivity contribution in [3.63, 3.8) is 0 Å². The average molecular weight is 212 g/mol. The lowest BCUT2D eigenvalue weighted by atomic mass is 10.1. The molecule has 0 aliphatic rings. The first kappa shape index (κ1) is 11.1. The minimum atomic E-state index is 0.643. The van der Waals surface area contributed by atoms with E-state index in [4.69, 9.17) is 0 Å². The second-order valence-corrected chi connectivity index (χ2v) is 5.99. The molecule has 0 bridgehead atoms. The molecule has 2 unspecified atom stereocenters. The molecule has 0 N–H and O–H groups in total. The Morgan fingerprint density at radius 2 is 1.92 bits per heavy atom. The molecule has 0 heterocycles. The van der Waals surface area contributed by atoms with Gasteiger partial charge in [-0.05, 0) is 24.5 Å². The van der Waals surface area contributed by atoms with Crippen LogP contribution < -0.4 is 0 Å². The Morgan fingerprint density at radius 3 is 2.46 bits per heavy atom. The summed E-state index contributed by atoms with van der Waals surface area (Å²) in [6.07, 6.45) is 1.14. The van der Waals surface area contributed by atoms with E-state index in [9.17, 15) is 0 Å². The van der Waals surface area contributed by atoms with Crippen LogP contribution in [0.1, 0.15) is 25.0 Å².